The molecule has 0 amide bonds. The summed E-state index contributed by atoms with van der Waals surface area (Å²) in [7, 11) is 1.05. The molecule has 1 aromatic carbocycles. The SMILES string of the molecule is COc1c(C(F)(F)F)cccc1C1(C(=O)O)CC(=O)C1. The van der Waals surface area contributed by atoms with Crippen molar-refractivity contribution >= 4 is 11.8 Å². The first-order valence-corrected chi connectivity index (χ1v) is 5.72. The van der Waals surface area contributed by atoms with Crippen LogP contribution in [0.3, 0.4) is 0 Å². The van der Waals surface area contributed by atoms with E-state index in [2.05, 4.69) is 0 Å². The van der Waals surface area contributed by atoms with E-state index in [9.17, 15) is 27.9 Å². The molecule has 0 atom stereocenters. The van der Waals surface area contributed by atoms with Gasteiger partial charge in [0, 0.05) is 18.4 Å². The summed E-state index contributed by atoms with van der Waals surface area (Å²) in [6.07, 6.45) is -5.30. The van der Waals surface area contributed by atoms with E-state index in [-0.39, 0.29) is 24.2 Å². The Hall–Kier alpha value is -2.05. The second-order valence-electron chi connectivity index (χ2n) is 4.66. The minimum atomic E-state index is -4.66. The molecule has 4 nitrogen and oxygen atoms in total. The van der Waals surface area contributed by atoms with Gasteiger partial charge in [-0.15, -0.1) is 0 Å². The molecule has 0 heterocycles. The Kier molecular flexibility index (Phi) is 3.23. The van der Waals surface area contributed by atoms with Crippen molar-refractivity contribution in [1.82, 2.24) is 0 Å². The number of rotatable bonds is 3. The van der Waals surface area contributed by atoms with Gasteiger partial charge in [0.25, 0.3) is 0 Å². The van der Waals surface area contributed by atoms with Gasteiger partial charge < -0.3 is 9.84 Å². The Balaban J connectivity index is 2.63. The zero-order valence-corrected chi connectivity index (χ0v) is 10.5. The maximum absolute atomic E-state index is 12.9. The molecule has 108 valence electrons. The second-order valence-corrected chi connectivity index (χ2v) is 4.66. The molecule has 20 heavy (non-hydrogen) atoms. The van der Waals surface area contributed by atoms with Gasteiger partial charge in [-0.1, -0.05) is 12.1 Å². The van der Waals surface area contributed by atoms with E-state index >= 15 is 0 Å². The first-order chi connectivity index (χ1) is 9.22. The third kappa shape index (κ3) is 2.03. The molecule has 1 aliphatic carbocycles. The van der Waals surface area contributed by atoms with Crippen LogP contribution in [0, 0.1) is 0 Å². The van der Waals surface area contributed by atoms with Gasteiger partial charge >= 0.3 is 12.1 Å². The van der Waals surface area contributed by atoms with Gasteiger partial charge in [-0.05, 0) is 6.07 Å². The van der Waals surface area contributed by atoms with Crippen molar-refractivity contribution in [2.24, 2.45) is 0 Å². The summed E-state index contributed by atoms with van der Waals surface area (Å²) in [5.41, 5.74) is -2.77. The number of Topliss-reactive ketones (excluding diaryl/α,β-unsaturated/α-hetero) is 1. The van der Waals surface area contributed by atoms with Crippen molar-refractivity contribution in [2.75, 3.05) is 7.11 Å². The van der Waals surface area contributed by atoms with Crippen LogP contribution in [0.2, 0.25) is 0 Å². The molecule has 1 N–H and O–H groups in total. The molecule has 1 fully saturated rings. The highest BCUT2D eigenvalue weighted by molar-refractivity contribution is 6.02. The van der Waals surface area contributed by atoms with Gasteiger partial charge in [0.1, 0.15) is 16.9 Å². The minimum absolute atomic E-state index is 0.109. The molecule has 0 aliphatic heterocycles. The van der Waals surface area contributed by atoms with Crippen LogP contribution in [0.15, 0.2) is 18.2 Å². The average Bonchev–Trinajstić information content (AvgIpc) is 2.32. The average molecular weight is 288 g/mol. The number of ether oxygens (including phenoxy) is 1. The van der Waals surface area contributed by atoms with E-state index < -0.39 is 28.9 Å². The zero-order valence-electron chi connectivity index (χ0n) is 10.5. The predicted octanol–water partition coefficient (Wildman–Crippen LogP) is 2.40. The minimum Gasteiger partial charge on any atom is -0.496 e. The largest absolute Gasteiger partial charge is 0.496 e. The first kappa shape index (κ1) is 14.4. The fourth-order valence-electron chi connectivity index (χ4n) is 2.44. The van der Waals surface area contributed by atoms with Crippen molar-refractivity contribution in [1.29, 1.82) is 0 Å². The van der Waals surface area contributed by atoms with E-state index in [4.69, 9.17) is 4.74 Å². The van der Waals surface area contributed by atoms with E-state index in [1.807, 2.05) is 0 Å². The highest BCUT2D eigenvalue weighted by Crippen LogP contribution is 2.48. The van der Waals surface area contributed by atoms with Crippen molar-refractivity contribution in [3.63, 3.8) is 0 Å². The molecular formula is C13H11F3O4. The number of methoxy groups -OCH3 is 1. The number of hydrogen-bond acceptors (Lipinski definition) is 3. The molecule has 0 bridgehead atoms. The van der Waals surface area contributed by atoms with Crippen LogP contribution in [0.25, 0.3) is 0 Å². The van der Waals surface area contributed by atoms with Crippen LogP contribution in [0.1, 0.15) is 24.0 Å². The van der Waals surface area contributed by atoms with Crippen molar-refractivity contribution in [3.05, 3.63) is 29.3 Å². The Morgan fingerprint density at radius 2 is 1.95 bits per heavy atom. The standard InChI is InChI=1S/C13H11F3O4/c1-20-10-8(3-2-4-9(10)13(14,15)16)12(11(18)19)5-7(17)6-12/h2-4H,5-6H2,1H3,(H,18,19). The lowest BCUT2D eigenvalue weighted by atomic mass is 9.63. The number of benzene rings is 1. The Bertz CT molecular complexity index is 569. The van der Waals surface area contributed by atoms with Gasteiger partial charge in [0.2, 0.25) is 0 Å². The quantitative estimate of drug-likeness (QED) is 0.927. The summed E-state index contributed by atoms with van der Waals surface area (Å²) in [6, 6.07) is 3.20. The molecule has 1 aliphatic rings. The van der Waals surface area contributed by atoms with Crippen LogP contribution in [-0.2, 0) is 21.2 Å². The maximum atomic E-state index is 12.9. The Morgan fingerprint density at radius 3 is 2.35 bits per heavy atom. The normalized spacial score (nSPS) is 17.5. The number of para-hydroxylation sites is 1. The van der Waals surface area contributed by atoms with E-state index in [1.165, 1.54) is 6.07 Å². The Labute approximate surface area is 112 Å². The predicted molar refractivity (Wildman–Crippen MR) is 61.6 cm³/mol. The van der Waals surface area contributed by atoms with E-state index in [1.54, 1.807) is 0 Å². The highest BCUT2D eigenvalue weighted by Gasteiger charge is 2.54. The lowest BCUT2D eigenvalue weighted by molar-refractivity contribution is -0.153. The maximum Gasteiger partial charge on any atom is 0.419 e. The number of carboxylic acids is 1. The lowest BCUT2D eigenvalue weighted by Crippen LogP contribution is -2.48. The lowest BCUT2D eigenvalue weighted by Gasteiger charge is -2.37. The number of aliphatic carboxylic acids is 1. The fraction of sp³-hybridized carbons (Fsp3) is 0.385. The monoisotopic (exact) mass is 288 g/mol. The number of halogens is 3. The van der Waals surface area contributed by atoms with Crippen LogP contribution in [-0.4, -0.2) is 24.0 Å². The third-order valence-electron chi connectivity index (χ3n) is 3.45. The summed E-state index contributed by atoms with van der Waals surface area (Å²) in [5.74, 6) is -2.16. The third-order valence-corrected chi connectivity index (χ3v) is 3.45. The van der Waals surface area contributed by atoms with E-state index in [0.717, 1.165) is 19.2 Å². The number of carboxylic acid groups (broad SMARTS) is 1. The summed E-state index contributed by atoms with van der Waals surface area (Å²) < 4.78 is 43.5. The molecule has 7 heteroatoms. The molecule has 1 aromatic rings. The number of carbonyl (C=O) groups is 2. The van der Waals surface area contributed by atoms with Crippen molar-refractivity contribution in [2.45, 2.75) is 24.4 Å². The molecule has 0 unspecified atom stereocenters. The first-order valence-electron chi connectivity index (χ1n) is 5.72. The molecule has 2 rings (SSSR count). The molecule has 1 saturated carbocycles. The fourth-order valence-corrected chi connectivity index (χ4v) is 2.44. The van der Waals surface area contributed by atoms with E-state index in [0.29, 0.717) is 0 Å². The van der Waals surface area contributed by atoms with Gasteiger partial charge in [0.05, 0.1) is 12.7 Å². The van der Waals surface area contributed by atoms with Gasteiger partial charge in [0.15, 0.2) is 0 Å². The smallest absolute Gasteiger partial charge is 0.419 e. The van der Waals surface area contributed by atoms with Crippen molar-refractivity contribution in [3.8, 4) is 5.75 Å². The van der Waals surface area contributed by atoms with Crippen LogP contribution >= 0.6 is 0 Å². The Morgan fingerprint density at radius 1 is 1.35 bits per heavy atom. The molecule has 0 radical (unpaired) electrons. The van der Waals surface area contributed by atoms with Gasteiger partial charge in [-0.3, -0.25) is 9.59 Å². The molecule has 0 spiro atoms. The topological polar surface area (TPSA) is 63.6 Å². The van der Waals surface area contributed by atoms with Gasteiger partial charge in [-0.25, -0.2) is 0 Å². The summed E-state index contributed by atoms with van der Waals surface area (Å²) >= 11 is 0. The number of hydrogen-bond donors (Lipinski definition) is 1. The number of alkyl halides is 3. The summed E-state index contributed by atoms with van der Waals surface area (Å²) in [5, 5.41) is 9.28. The number of ketones is 1. The zero-order chi connectivity index (χ0) is 15.1. The molecule has 0 aromatic heterocycles. The summed E-state index contributed by atoms with van der Waals surface area (Å²) in [4.78, 5) is 22.5. The molecular weight excluding hydrogens is 277 g/mol. The second kappa shape index (κ2) is 4.50. The molecule has 0 saturated heterocycles. The van der Waals surface area contributed by atoms with Crippen LogP contribution < -0.4 is 4.74 Å². The number of carbonyl (C=O) groups excluding carboxylic acids is 1. The highest BCUT2D eigenvalue weighted by atomic mass is 19.4. The van der Waals surface area contributed by atoms with Crippen molar-refractivity contribution < 1.29 is 32.6 Å². The van der Waals surface area contributed by atoms with Crippen LogP contribution in [0.5, 0.6) is 5.75 Å². The summed E-state index contributed by atoms with van der Waals surface area (Å²) in [6.45, 7) is 0. The van der Waals surface area contributed by atoms with Gasteiger partial charge in [-0.2, -0.15) is 13.2 Å². The van der Waals surface area contributed by atoms with Crippen LogP contribution in [0.4, 0.5) is 13.2 Å².